The van der Waals surface area contributed by atoms with Gasteiger partial charge in [0.15, 0.2) is 0 Å². The van der Waals surface area contributed by atoms with Gasteiger partial charge in [-0.05, 0) is 44.9 Å². The Morgan fingerprint density at radius 2 is 1.71 bits per heavy atom. The van der Waals surface area contributed by atoms with E-state index >= 15 is 0 Å². The highest BCUT2D eigenvalue weighted by Gasteiger charge is 2.44. The Bertz CT molecular complexity index is 590. The van der Waals surface area contributed by atoms with E-state index in [4.69, 9.17) is 14.2 Å². The molecule has 1 aliphatic rings. The van der Waals surface area contributed by atoms with Crippen LogP contribution < -0.4 is 10.1 Å². The Morgan fingerprint density at radius 1 is 1.08 bits per heavy atom. The summed E-state index contributed by atoms with van der Waals surface area (Å²) in [5.74, 6) is -0.418. The average Bonchev–Trinajstić information content (AvgIpc) is 2.98. The van der Waals surface area contributed by atoms with Gasteiger partial charge in [-0.3, -0.25) is 14.9 Å². The summed E-state index contributed by atoms with van der Waals surface area (Å²) in [6.07, 6.45) is 0.346. The van der Waals surface area contributed by atoms with Gasteiger partial charge in [-0.15, -0.1) is 0 Å². The number of methoxy groups -OCH3 is 2. The van der Waals surface area contributed by atoms with Crippen LogP contribution >= 0.6 is 0 Å². The zero-order chi connectivity index (χ0) is 17.9. The van der Waals surface area contributed by atoms with E-state index in [-0.39, 0.29) is 18.0 Å². The third kappa shape index (κ3) is 4.26. The summed E-state index contributed by atoms with van der Waals surface area (Å²) >= 11 is 0. The van der Waals surface area contributed by atoms with Gasteiger partial charge in [-0.25, -0.2) is 0 Å². The first-order valence-electron chi connectivity index (χ1n) is 7.96. The van der Waals surface area contributed by atoms with Crippen LogP contribution in [0.4, 0.5) is 0 Å². The number of nitrogens with one attached hydrogen (secondary N) is 1. The van der Waals surface area contributed by atoms with Crippen LogP contribution in [0.25, 0.3) is 0 Å². The molecular formula is C18H25NO5. The molecule has 132 valence electrons. The first-order valence-corrected chi connectivity index (χ1v) is 7.96. The molecule has 2 rings (SSSR count). The third-order valence-electron chi connectivity index (χ3n) is 3.94. The molecule has 24 heavy (non-hydrogen) atoms. The second-order valence-corrected chi connectivity index (χ2v) is 6.87. The number of rotatable bonds is 4. The zero-order valence-corrected chi connectivity index (χ0v) is 14.8. The Balaban J connectivity index is 2.25. The monoisotopic (exact) mass is 335 g/mol. The number of hydrogen-bond acceptors (Lipinski definition) is 6. The summed E-state index contributed by atoms with van der Waals surface area (Å²) in [7, 11) is 2.94. The van der Waals surface area contributed by atoms with Crippen LogP contribution in [0.2, 0.25) is 0 Å². The van der Waals surface area contributed by atoms with E-state index in [0.717, 1.165) is 11.3 Å². The molecule has 0 amide bonds. The van der Waals surface area contributed by atoms with Gasteiger partial charge < -0.3 is 14.2 Å². The predicted octanol–water partition coefficient (Wildman–Crippen LogP) is 2.23. The molecule has 0 aromatic heterocycles. The van der Waals surface area contributed by atoms with Crippen LogP contribution in [0.1, 0.15) is 38.8 Å². The minimum atomic E-state index is -0.578. The van der Waals surface area contributed by atoms with Crippen molar-refractivity contribution in [2.45, 2.75) is 44.9 Å². The number of ether oxygens (including phenoxy) is 3. The molecule has 1 aromatic carbocycles. The standard InChI is InChI=1S/C18H25NO5/c1-18(2,3)24-16(20)13-10-14(17(21)23-5)19-15(13)11-6-8-12(22-4)9-7-11/h6-9,13-15,19H,10H2,1-5H3/t13-,14-,15-/m0/s1. The van der Waals surface area contributed by atoms with Crippen LogP contribution in [-0.2, 0) is 19.1 Å². The van der Waals surface area contributed by atoms with Gasteiger partial charge in [0.2, 0.25) is 0 Å². The lowest BCUT2D eigenvalue weighted by Gasteiger charge is -2.25. The number of hydrogen-bond donors (Lipinski definition) is 1. The predicted molar refractivity (Wildman–Crippen MR) is 88.6 cm³/mol. The Morgan fingerprint density at radius 3 is 2.21 bits per heavy atom. The van der Waals surface area contributed by atoms with Crippen molar-refractivity contribution < 1.29 is 23.8 Å². The molecule has 0 spiro atoms. The maximum atomic E-state index is 12.6. The van der Waals surface area contributed by atoms with E-state index in [9.17, 15) is 9.59 Å². The highest BCUT2D eigenvalue weighted by Crippen LogP contribution is 2.35. The van der Waals surface area contributed by atoms with Crippen molar-refractivity contribution in [3.63, 3.8) is 0 Å². The van der Waals surface area contributed by atoms with Crippen LogP contribution in [0.15, 0.2) is 24.3 Å². The smallest absolute Gasteiger partial charge is 0.322 e. The largest absolute Gasteiger partial charge is 0.497 e. The lowest BCUT2D eigenvalue weighted by molar-refractivity contribution is -0.160. The molecule has 3 atom stereocenters. The fourth-order valence-corrected chi connectivity index (χ4v) is 2.85. The SMILES string of the molecule is COC(=O)[C@@H]1C[C@H](C(=O)OC(C)(C)C)[C@H](c2ccc(OC)cc2)N1. The van der Waals surface area contributed by atoms with Crippen LogP contribution in [-0.4, -0.2) is 37.8 Å². The van der Waals surface area contributed by atoms with Crippen molar-refractivity contribution in [3.05, 3.63) is 29.8 Å². The summed E-state index contributed by atoms with van der Waals surface area (Å²) in [6.45, 7) is 5.48. The van der Waals surface area contributed by atoms with Crippen molar-refractivity contribution >= 4 is 11.9 Å². The summed E-state index contributed by atoms with van der Waals surface area (Å²) in [5.41, 5.74) is 0.323. The van der Waals surface area contributed by atoms with Crippen LogP contribution in [0.3, 0.4) is 0 Å². The van der Waals surface area contributed by atoms with E-state index in [2.05, 4.69) is 5.32 Å². The van der Waals surface area contributed by atoms with Gasteiger partial charge >= 0.3 is 11.9 Å². The average molecular weight is 335 g/mol. The molecule has 1 heterocycles. The highest BCUT2D eigenvalue weighted by molar-refractivity contribution is 5.80. The van der Waals surface area contributed by atoms with Crippen LogP contribution in [0, 0.1) is 5.92 Å². The van der Waals surface area contributed by atoms with E-state index in [0.29, 0.717) is 6.42 Å². The summed E-state index contributed by atoms with van der Waals surface area (Å²) in [6, 6.07) is 6.58. The lowest BCUT2D eigenvalue weighted by Crippen LogP contribution is -2.33. The molecule has 1 N–H and O–H groups in total. The fourth-order valence-electron chi connectivity index (χ4n) is 2.85. The summed E-state index contributed by atoms with van der Waals surface area (Å²) in [5, 5.41) is 3.20. The molecule has 0 radical (unpaired) electrons. The van der Waals surface area contributed by atoms with E-state index in [1.54, 1.807) is 7.11 Å². The highest BCUT2D eigenvalue weighted by atomic mass is 16.6. The molecule has 0 aliphatic carbocycles. The fraction of sp³-hybridized carbons (Fsp3) is 0.556. The molecule has 1 fully saturated rings. The number of benzene rings is 1. The minimum Gasteiger partial charge on any atom is -0.497 e. The van der Waals surface area contributed by atoms with E-state index < -0.39 is 17.6 Å². The Labute approximate surface area is 142 Å². The first kappa shape index (κ1) is 18.3. The van der Waals surface area contributed by atoms with Gasteiger partial charge in [0.25, 0.3) is 0 Å². The van der Waals surface area contributed by atoms with Gasteiger partial charge in [0.1, 0.15) is 17.4 Å². The molecule has 6 heteroatoms. The normalized spacial score (nSPS) is 23.6. The Kier molecular flexibility index (Phi) is 5.49. The van der Waals surface area contributed by atoms with Crippen molar-refractivity contribution in [1.82, 2.24) is 5.32 Å². The van der Waals surface area contributed by atoms with Gasteiger partial charge in [-0.1, -0.05) is 12.1 Å². The molecule has 1 saturated heterocycles. The van der Waals surface area contributed by atoms with Gasteiger partial charge in [0, 0.05) is 6.04 Å². The first-order chi connectivity index (χ1) is 11.2. The summed E-state index contributed by atoms with van der Waals surface area (Å²) < 4.78 is 15.5. The molecule has 0 saturated carbocycles. The maximum Gasteiger partial charge on any atom is 0.322 e. The zero-order valence-electron chi connectivity index (χ0n) is 14.8. The minimum absolute atomic E-state index is 0.310. The molecule has 6 nitrogen and oxygen atoms in total. The molecular weight excluding hydrogens is 310 g/mol. The van der Waals surface area contributed by atoms with Gasteiger partial charge in [0.05, 0.1) is 20.1 Å². The molecule has 0 bridgehead atoms. The van der Waals surface area contributed by atoms with Crippen molar-refractivity contribution in [2.24, 2.45) is 5.92 Å². The second kappa shape index (κ2) is 7.21. The van der Waals surface area contributed by atoms with Crippen molar-refractivity contribution in [2.75, 3.05) is 14.2 Å². The lowest BCUT2D eigenvalue weighted by atomic mass is 9.93. The number of carbonyl (C=O) groups is 2. The van der Waals surface area contributed by atoms with Crippen LogP contribution in [0.5, 0.6) is 5.75 Å². The molecule has 1 aromatic rings. The maximum absolute atomic E-state index is 12.6. The summed E-state index contributed by atoms with van der Waals surface area (Å²) in [4.78, 5) is 24.5. The van der Waals surface area contributed by atoms with Gasteiger partial charge in [-0.2, -0.15) is 0 Å². The quantitative estimate of drug-likeness (QED) is 0.851. The topological polar surface area (TPSA) is 73.9 Å². The number of carbonyl (C=O) groups excluding carboxylic acids is 2. The number of esters is 2. The second-order valence-electron chi connectivity index (χ2n) is 6.87. The van der Waals surface area contributed by atoms with Crippen molar-refractivity contribution in [3.8, 4) is 5.75 Å². The molecule has 1 aliphatic heterocycles. The van der Waals surface area contributed by atoms with Crippen molar-refractivity contribution in [1.29, 1.82) is 0 Å². The van der Waals surface area contributed by atoms with E-state index in [1.807, 2.05) is 45.0 Å². The molecule has 0 unspecified atom stereocenters. The third-order valence-corrected chi connectivity index (χ3v) is 3.94. The van der Waals surface area contributed by atoms with E-state index in [1.165, 1.54) is 7.11 Å². The Hall–Kier alpha value is -2.08.